The topological polar surface area (TPSA) is 80.3 Å². The number of carbonyl (C=O) groups excluding carboxylic acids is 2. The van der Waals surface area contributed by atoms with Crippen molar-refractivity contribution in [3.05, 3.63) is 53.8 Å². The first-order valence-corrected chi connectivity index (χ1v) is 9.40. The lowest BCUT2D eigenvalue weighted by molar-refractivity contribution is -0.131. The minimum absolute atomic E-state index is 0.0427. The molecule has 0 radical (unpaired) electrons. The Morgan fingerprint density at radius 2 is 1.52 bits per heavy atom. The summed E-state index contributed by atoms with van der Waals surface area (Å²) in [5.74, 6) is -1.17. The maximum atomic E-state index is 13.2. The number of hydrogen-bond acceptors (Lipinski definition) is 7. The van der Waals surface area contributed by atoms with Crippen molar-refractivity contribution in [1.29, 1.82) is 0 Å². The molecule has 0 aliphatic rings. The van der Waals surface area contributed by atoms with E-state index in [9.17, 15) is 14.0 Å². The molecule has 0 fully saturated rings. The highest BCUT2D eigenvalue weighted by atomic mass is 19.1. The predicted octanol–water partition coefficient (Wildman–Crippen LogP) is 4.54. The van der Waals surface area contributed by atoms with Crippen LogP contribution in [0.4, 0.5) is 4.39 Å². The lowest BCUT2D eigenvalue weighted by atomic mass is 10.1. The minimum atomic E-state index is -0.733. The van der Waals surface area contributed by atoms with E-state index < -0.39 is 17.8 Å². The Labute approximate surface area is 178 Å². The first-order chi connectivity index (χ1) is 14.9. The maximum Gasteiger partial charge on any atom is 0.343 e. The van der Waals surface area contributed by atoms with E-state index in [0.717, 1.165) is 12.1 Å². The first-order valence-electron chi connectivity index (χ1n) is 9.40. The van der Waals surface area contributed by atoms with Gasteiger partial charge in [-0.25, -0.2) is 9.18 Å². The zero-order chi connectivity index (χ0) is 22.5. The number of hydrogen-bond donors (Lipinski definition) is 0. The van der Waals surface area contributed by atoms with Crippen molar-refractivity contribution in [2.24, 2.45) is 0 Å². The normalized spacial score (nSPS) is 10.5. The molecule has 162 valence electrons. The van der Waals surface area contributed by atoms with Crippen LogP contribution in [0.25, 0.3) is 10.8 Å². The van der Waals surface area contributed by atoms with Gasteiger partial charge in [-0.05, 0) is 37.3 Å². The third-order valence-electron chi connectivity index (χ3n) is 4.35. The van der Waals surface area contributed by atoms with Crippen molar-refractivity contribution in [3.63, 3.8) is 0 Å². The standard InChI is InChI=1S/C23H21FO7/c1-5-29-17-8-6-7-16-18(17)20(30-13(2)25)22(28-4)21(27-3)19(16)31-23(26)14-9-11-15(24)12-10-14/h6-12H,5H2,1-4H3. The summed E-state index contributed by atoms with van der Waals surface area (Å²) in [4.78, 5) is 24.5. The van der Waals surface area contributed by atoms with Gasteiger partial charge in [-0.15, -0.1) is 0 Å². The van der Waals surface area contributed by atoms with Crippen LogP contribution in [0.1, 0.15) is 24.2 Å². The highest BCUT2D eigenvalue weighted by Crippen LogP contribution is 2.53. The highest BCUT2D eigenvalue weighted by molar-refractivity contribution is 6.05. The minimum Gasteiger partial charge on any atom is -0.493 e. The van der Waals surface area contributed by atoms with Crippen LogP contribution in [0.3, 0.4) is 0 Å². The summed E-state index contributed by atoms with van der Waals surface area (Å²) in [5.41, 5.74) is 0.139. The van der Waals surface area contributed by atoms with Crippen LogP contribution in [0, 0.1) is 5.82 Å². The monoisotopic (exact) mass is 428 g/mol. The summed E-state index contributed by atoms with van der Waals surface area (Å²) in [5, 5.41) is 0.773. The fourth-order valence-corrected chi connectivity index (χ4v) is 3.12. The Bertz CT molecular complexity index is 1120. The van der Waals surface area contributed by atoms with Gasteiger partial charge >= 0.3 is 11.9 Å². The smallest absolute Gasteiger partial charge is 0.343 e. The van der Waals surface area contributed by atoms with Gasteiger partial charge < -0.3 is 23.7 Å². The molecular weight excluding hydrogens is 407 g/mol. The van der Waals surface area contributed by atoms with Crippen LogP contribution in [0.15, 0.2) is 42.5 Å². The van der Waals surface area contributed by atoms with Gasteiger partial charge in [0, 0.05) is 12.3 Å². The van der Waals surface area contributed by atoms with Crippen molar-refractivity contribution in [1.82, 2.24) is 0 Å². The molecule has 0 atom stereocenters. The molecule has 0 heterocycles. The molecule has 0 N–H and O–H groups in total. The fourth-order valence-electron chi connectivity index (χ4n) is 3.12. The summed E-state index contributed by atoms with van der Waals surface area (Å²) in [6.07, 6.45) is 0. The lowest BCUT2D eigenvalue weighted by Gasteiger charge is -2.20. The molecule has 3 aromatic carbocycles. The predicted molar refractivity (Wildman–Crippen MR) is 111 cm³/mol. The molecule has 0 aromatic heterocycles. The SMILES string of the molecule is CCOc1cccc2c(OC(=O)c3ccc(F)cc3)c(OC)c(OC)c(OC(C)=O)c12. The Morgan fingerprint density at radius 1 is 0.871 bits per heavy atom. The average molecular weight is 428 g/mol. The summed E-state index contributed by atoms with van der Waals surface area (Å²) in [7, 11) is 2.73. The van der Waals surface area contributed by atoms with Gasteiger partial charge in [0.05, 0.1) is 31.8 Å². The first kappa shape index (κ1) is 21.9. The van der Waals surface area contributed by atoms with Gasteiger partial charge in [0.25, 0.3) is 0 Å². The molecule has 7 nitrogen and oxygen atoms in total. The van der Waals surface area contributed by atoms with Crippen LogP contribution in [-0.4, -0.2) is 32.8 Å². The van der Waals surface area contributed by atoms with Gasteiger partial charge in [0.1, 0.15) is 11.6 Å². The molecule has 0 unspecified atom stereocenters. The molecular formula is C23H21FO7. The second-order valence-corrected chi connectivity index (χ2v) is 6.33. The molecule has 0 amide bonds. The largest absolute Gasteiger partial charge is 0.493 e. The summed E-state index contributed by atoms with van der Waals surface area (Å²) >= 11 is 0. The second kappa shape index (κ2) is 9.34. The van der Waals surface area contributed by atoms with Crippen molar-refractivity contribution in [2.75, 3.05) is 20.8 Å². The van der Waals surface area contributed by atoms with Crippen molar-refractivity contribution >= 4 is 22.7 Å². The second-order valence-electron chi connectivity index (χ2n) is 6.33. The van der Waals surface area contributed by atoms with E-state index in [2.05, 4.69) is 0 Å². The molecule has 8 heteroatoms. The Hall–Kier alpha value is -3.81. The molecule has 0 aliphatic carbocycles. The summed E-state index contributed by atoms with van der Waals surface area (Å²) in [6.45, 7) is 3.40. The van der Waals surface area contributed by atoms with Crippen molar-refractivity contribution in [2.45, 2.75) is 13.8 Å². The molecule has 0 saturated heterocycles. The number of ether oxygens (including phenoxy) is 5. The number of methoxy groups -OCH3 is 2. The molecule has 0 aliphatic heterocycles. The fraction of sp³-hybridized carbons (Fsp3) is 0.217. The quantitative estimate of drug-likeness (QED) is 0.404. The van der Waals surface area contributed by atoms with E-state index in [4.69, 9.17) is 23.7 Å². The van der Waals surface area contributed by atoms with E-state index in [0.29, 0.717) is 23.1 Å². The number of carbonyl (C=O) groups is 2. The van der Waals surface area contributed by atoms with E-state index in [1.165, 1.54) is 33.3 Å². The third-order valence-corrected chi connectivity index (χ3v) is 4.35. The van der Waals surface area contributed by atoms with Crippen LogP contribution in [-0.2, 0) is 4.79 Å². The van der Waals surface area contributed by atoms with Crippen LogP contribution in [0.2, 0.25) is 0 Å². The van der Waals surface area contributed by atoms with E-state index in [1.807, 2.05) is 0 Å². The number of rotatable bonds is 7. The summed E-state index contributed by atoms with van der Waals surface area (Å²) < 4.78 is 40.9. The van der Waals surface area contributed by atoms with Crippen LogP contribution < -0.4 is 23.7 Å². The van der Waals surface area contributed by atoms with E-state index in [-0.39, 0.29) is 28.6 Å². The van der Waals surface area contributed by atoms with Crippen molar-refractivity contribution < 1.29 is 37.7 Å². The Kier molecular flexibility index (Phi) is 6.59. The Balaban J connectivity index is 2.29. The zero-order valence-corrected chi connectivity index (χ0v) is 17.5. The molecule has 0 spiro atoms. The molecule has 31 heavy (non-hydrogen) atoms. The highest BCUT2D eigenvalue weighted by Gasteiger charge is 2.28. The van der Waals surface area contributed by atoms with Crippen molar-refractivity contribution in [3.8, 4) is 28.7 Å². The Morgan fingerprint density at radius 3 is 2.10 bits per heavy atom. The zero-order valence-electron chi connectivity index (χ0n) is 17.5. The summed E-state index contributed by atoms with van der Waals surface area (Å²) in [6, 6.07) is 9.99. The number of fused-ring (bicyclic) bond motifs is 1. The van der Waals surface area contributed by atoms with Gasteiger partial charge in [-0.3, -0.25) is 4.79 Å². The van der Waals surface area contributed by atoms with Crippen LogP contribution in [0.5, 0.6) is 28.7 Å². The van der Waals surface area contributed by atoms with Gasteiger partial charge in [-0.1, -0.05) is 12.1 Å². The molecule has 3 aromatic rings. The van der Waals surface area contributed by atoms with Gasteiger partial charge in [0.15, 0.2) is 11.5 Å². The molecule has 0 saturated carbocycles. The third kappa shape index (κ3) is 4.37. The van der Waals surface area contributed by atoms with E-state index >= 15 is 0 Å². The lowest BCUT2D eigenvalue weighted by Crippen LogP contribution is -2.11. The number of halogens is 1. The van der Waals surface area contributed by atoms with Gasteiger partial charge in [-0.2, -0.15) is 0 Å². The van der Waals surface area contributed by atoms with Gasteiger partial charge in [0.2, 0.25) is 11.5 Å². The van der Waals surface area contributed by atoms with Crippen LogP contribution >= 0.6 is 0 Å². The molecule has 0 bridgehead atoms. The van der Waals surface area contributed by atoms with E-state index in [1.54, 1.807) is 25.1 Å². The number of benzene rings is 3. The maximum absolute atomic E-state index is 13.2. The molecule has 3 rings (SSSR count). The number of esters is 2. The average Bonchev–Trinajstić information content (AvgIpc) is 2.75.